The summed E-state index contributed by atoms with van der Waals surface area (Å²) in [6.07, 6.45) is 4.03. The van der Waals surface area contributed by atoms with Gasteiger partial charge in [-0.3, -0.25) is 0 Å². The van der Waals surface area contributed by atoms with Gasteiger partial charge >= 0.3 is 11.9 Å². The number of nitrogens with one attached hydrogen (secondary N) is 1. The lowest BCUT2D eigenvalue weighted by Gasteiger charge is -2.16. The third-order valence-electron chi connectivity index (χ3n) is 4.65. The number of fused-ring (bicyclic) bond motifs is 1. The Bertz CT molecular complexity index is 963. The van der Waals surface area contributed by atoms with Gasteiger partial charge in [0.2, 0.25) is 10.0 Å². The molecule has 31 heavy (non-hydrogen) atoms. The van der Waals surface area contributed by atoms with Crippen molar-refractivity contribution >= 4 is 43.4 Å². The van der Waals surface area contributed by atoms with E-state index in [1.807, 2.05) is 0 Å². The zero-order valence-electron chi connectivity index (χ0n) is 17.3. The fourth-order valence-electron chi connectivity index (χ4n) is 3.29. The molecule has 1 fully saturated rings. The highest BCUT2D eigenvalue weighted by molar-refractivity contribution is 7.88. The second-order valence-electron chi connectivity index (χ2n) is 7.30. The summed E-state index contributed by atoms with van der Waals surface area (Å²) in [5.41, 5.74) is 1.32. The van der Waals surface area contributed by atoms with E-state index in [9.17, 15) is 8.42 Å². The number of benzene rings is 1. The van der Waals surface area contributed by atoms with Crippen molar-refractivity contribution in [2.75, 3.05) is 39.1 Å². The number of aliphatic carboxylic acids is 2. The third-order valence-corrected chi connectivity index (χ3v) is 6.31. The molecule has 3 N–H and O–H groups in total. The molecule has 172 valence electrons. The molecule has 0 bridgehead atoms. The largest absolute Gasteiger partial charge is 0.473 e. The van der Waals surface area contributed by atoms with Gasteiger partial charge in [-0.25, -0.2) is 22.7 Å². The molecule has 1 aliphatic heterocycles. The minimum Gasteiger partial charge on any atom is -0.473 e. The Hall–Kier alpha value is -2.05. The van der Waals surface area contributed by atoms with E-state index in [4.69, 9.17) is 24.5 Å². The molecule has 0 radical (unpaired) electrons. The van der Waals surface area contributed by atoms with Crippen molar-refractivity contribution in [2.24, 2.45) is 0 Å². The van der Waals surface area contributed by atoms with Crippen LogP contribution in [0, 0.1) is 0 Å². The standard InChI is InChI=1S/C18H26N2O3S2.C2H2O4/c1-25(21,22)19-17-5-9-20(14-17)8-2-10-23-11-6-15-3-4-18-16(13-15)7-12-24-18;3-1(4)2(5)6/h3-4,7,12-13,17,19H,2,5-6,8-11,14H2,1H3;(H,3,4)(H,5,6). The first-order valence-electron chi connectivity index (χ1n) is 9.84. The number of hydrogen-bond donors (Lipinski definition) is 3. The van der Waals surface area contributed by atoms with E-state index in [1.165, 1.54) is 21.9 Å². The minimum absolute atomic E-state index is 0.0583. The molecule has 9 nitrogen and oxygen atoms in total. The summed E-state index contributed by atoms with van der Waals surface area (Å²) in [6.45, 7) is 4.21. The molecule has 2 heterocycles. The zero-order valence-corrected chi connectivity index (χ0v) is 19.0. The minimum atomic E-state index is -3.10. The molecular weight excluding hydrogens is 444 g/mol. The van der Waals surface area contributed by atoms with E-state index in [0.717, 1.165) is 52.1 Å². The summed E-state index contributed by atoms with van der Waals surface area (Å²) in [5, 5.41) is 18.2. The second kappa shape index (κ2) is 12.1. The first-order chi connectivity index (χ1) is 14.6. The fraction of sp³-hybridized carbons (Fsp3) is 0.500. The van der Waals surface area contributed by atoms with Crippen LogP contribution in [0.1, 0.15) is 18.4 Å². The van der Waals surface area contributed by atoms with Crippen LogP contribution in [-0.2, 0) is 30.8 Å². The van der Waals surface area contributed by atoms with Gasteiger partial charge in [0.05, 0.1) is 12.9 Å². The fourth-order valence-corrected chi connectivity index (χ4v) is 4.86. The number of carboxylic acids is 2. The van der Waals surface area contributed by atoms with Gasteiger partial charge in [-0.1, -0.05) is 12.1 Å². The van der Waals surface area contributed by atoms with Crippen molar-refractivity contribution in [3.8, 4) is 0 Å². The first-order valence-corrected chi connectivity index (χ1v) is 12.6. The van der Waals surface area contributed by atoms with Crippen molar-refractivity contribution in [2.45, 2.75) is 25.3 Å². The summed E-state index contributed by atoms with van der Waals surface area (Å²) in [4.78, 5) is 20.5. The highest BCUT2D eigenvalue weighted by Crippen LogP contribution is 2.21. The lowest BCUT2D eigenvalue weighted by molar-refractivity contribution is -0.159. The SMILES string of the molecule is CS(=O)(=O)NC1CCN(CCCOCCc2ccc3sccc3c2)C1.O=C(O)C(=O)O. The first kappa shape index (κ1) is 25.2. The maximum Gasteiger partial charge on any atom is 0.414 e. The number of likely N-dealkylation sites (tertiary alicyclic amines) is 1. The van der Waals surface area contributed by atoms with Crippen LogP contribution in [0.2, 0.25) is 0 Å². The molecule has 11 heteroatoms. The highest BCUT2D eigenvalue weighted by Gasteiger charge is 2.24. The Labute approximate surface area is 185 Å². The van der Waals surface area contributed by atoms with Crippen molar-refractivity contribution in [1.82, 2.24) is 9.62 Å². The molecular formula is C20H28N2O7S2. The van der Waals surface area contributed by atoms with Crippen molar-refractivity contribution in [3.63, 3.8) is 0 Å². The monoisotopic (exact) mass is 472 g/mol. The summed E-state index contributed by atoms with van der Waals surface area (Å²) >= 11 is 1.77. The molecule has 1 aromatic carbocycles. The summed E-state index contributed by atoms with van der Waals surface area (Å²) in [7, 11) is -3.10. The van der Waals surface area contributed by atoms with Gasteiger partial charge in [0, 0.05) is 30.4 Å². The van der Waals surface area contributed by atoms with Gasteiger partial charge in [0.15, 0.2) is 0 Å². The van der Waals surface area contributed by atoms with Crippen LogP contribution >= 0.6 is 11.3 Å². The van der Waals surface area contributed by atoms with Crippen LogP contribution in [0.15, 0.2) is 29.6 Å². The summed E-state index contributed by atoms with van der Waals surface area (Å²) in [6, 6.07) is 8.83. The average Bonchev–Trinajstić information content (AvgIpc) is 3.32. The number of rotatable bonds is 9. The quantitative estimate of drug-likeness (QED) is 0.370. The molecule has 0 saturated carbocycles. The van der Waals surface area contributed by atoms with Crippen LogP contribution in [0.4, 0.5) is 0 Å². The molecule has 1 aliphatic rings. The lowest BCUT2D eigenvalue weighted by atomic mass is 10.1. The van der Waals surface area contributed by atoms with Crippen LogP contribution in [0.25, 0.3) is 10.1 Å². The molecule has 3 rings (SSSR count). The van der Waals surface area contributed by atoms with Crippen LogP contribution in [-0.4, -0.2) is 80.6 Å². The number of hydrogen-bond acceptors (Lipinski definition) is 7. The van der Waals surface area contributed by atoms with Crippen LogP contribution in [0.3, 0.4) is 0 Å². The van der Waals surface area contributed by atoms with E-state index in [-0.39, 0.29) is 6.04 Å². The van der Waals surface area contributed by atoms with Crippen LogP contribution < -0.4 is 4.72 Å². The van der Waals surface area contributed by atoms with Gasteiger partial charge in [0.1, 0.15) is 0 Å². The molecule has 2 aromatic rings. The normalized spacial score (nSPS) is 16.7. The summed E-state index contributed by atoms with van der Waals surface area (Å²) in [5.74, 6) is -3.65. The molecule has 1 unspecified atom stereocenters. The Morgan fingerprint density at radius 3 is 2.65 bits per heavy atom. The van der Waals surface area contributed by atoms with Gasteiger partial charge in [-0.2, -0.15) is 0 Å². The Morgan fingerprint density at radius 2 is 1.97 bits per heavy atom. The molecule has 0 spiro atoms. The number of thiophene rings is 1. The highest BCUT2D eigenvalue weighted by atomic mass is 32.2. The molecule has 1 saturated heterocycles. The summed E-state index contributed by atoms with van der Waals surface area (Å²) < 4.78 is 32.3. The topological polar surface area (TPSA) is 133 Å². The molecule has 1 aromatic heterocycles. The zero-order chi connectivity index (χ0) is 22.9. The van der Waals surface area contributed by atoms with E-state index in [0.29, 0.717) is 0 Å². The van der Waals surface area contributed by atoms with E-state index in [1.54, 1.807) is 11.3 Å². The van der Waals surface area contributed by atoms with Gasteiger partial charge in [-0.15, -0.1) is 11.3 Å². The van der Waals surface area contributed by atoms with Gasteiger partial charge < -0.3 is 19.8 Å². The maximum atomic E-state index is 11.3. The number of nitrogens with zero attached hydrogens (tertiary/aromatic N) is 1. The average molecular weight is 473 g/mol. The molecule has 0 aliphatic carbocycles. The third kappa shape index (κ3) is 9.74. The number of carboxylic acid groups (broad SMARTS) is 2. The Kier molecular flexibility index (Phi) is 9.85. The predicted octanol–water partition coefficient (Wildman–Crippen LogP) is 1.63. The Morgan fingerprint density at radius 1 is 1.23 bits per heavy atom. The smallest absolute Gasteiger partial charge is 0.414 e. The van der Waals surface area contributed by atoms with Crippen LogP contribution in [0.5, 0.6) is 0 Å². The van der Waals surface area contributed by atoms with Gasteiger partial charge in [0.25, 0.3) is 0 Å². The molecule has 0 amide bonds. The number of sulfonamides is 1. The second-order valence-corrected chi connectivity index (χ2v) is 10.0. The Balaban J connectivity index is 0.000000501. The van der Waals surface area contributed by atoms with E-state index in [2.05, 4.69) is 39.3 Å². The maximum absolute atomic E-state index is 11.3. The lowest BCUT2D eigenvalue weighted by Crippen LogP contribution is -2.36. The molecule has 1 atom stereocenters. The predicted molar refractivity (Wildman–Crippen MR) is 119 cm³/mol. The number of carbonyl (C=O) groups is 2. The van der Waals surface area contributed by atoms with E-state index >= 15 is 0 Å². The van der Waals surface area contributed by atoms with E-state index < -0.39 is 22.0 Å². The number of ether oxygens (including phenoxy) is 1. The van der Waals surface area contributed by atoms with Crippen molar-refractivity contribution < 1.29 is 33.0 Å². The van der Waals surface area contributed by atoms with Crippen molar-refractivity contribution in [3.05, 3.63) is 35.2 Å². The van der Waals surface area contributed by atoms with Crippen molar-refractivity contribution in [1.29, 1.82) is 0 Å². The van der Waals surface area contributed by atoms with Gasteiger partial charge in [-0.05, 0) is 54.3 Å².